The van der Waals surface area contributed by atoms with E-state index in [1.54, 1.807) is 24.3 Å². The summed E-state index contributed by atoms with van der Waals surface area (Å²) in [4.78, 5) is 2.33. The molecule has 2 aliphatic heterocycles. The number of piperidine rings is 1. The molecule has 2 aliphatic rings. The Bertz CT molecular complexity index is 775. The number of ether oxygens (including phenoxy) is 1. The number of likely N-dealkylation sites (tertiary alicyclic amines) is 1. The topological polar surface area (TPSA) is 52.9 Å². The highest BCUT2D eigenvalue weighted by Gasteiger charge is 2.34. The molecule has 1 atom stereocenters. The van der Waals surface area contributed by atoms with E-state index in [9.17, 15) is 14.6 Å². The minimum absolute atomic E-state index is 0. The molecule has 0 radical (unpaired) electrons. The quantitative estimate of drug-likeness (QED) is 0.836. The number of nitrogens with zero attached hydrogens (tertiary/aromatic N) is 1. The summed E-state index contributed by atoms with van der Waals surface area (Å²) in [5.41, 5.74) is 1.30. The molecule has 0 amide bonds. The number of hydrogen-bond acceptors (Lipinski definition) is 4. The van der Waals surface area contributed by atoms with E-state index in [0.717, 1.165) is 42.9 Å². The fourth-order valence-corrected chi connectivity index (χ4v) is 4.01. The van der Waals surface area contributed by atoms with E-state index >= 15 is 0 Å². The SMILES string of the molecule is Cl.Oc1ccc2c(c1)CC(CN1CCC(O)(Cc3ccc(F)cc3)CC1)O2. The number of phenols is 1. The Labute approximate surface area is 165 Å². The van der Waals surface area contributed by atoms with Gasteiger partial charge in [0.2, 0.25) is 0 Å². The third-order valence-corrected chi connectivity index (χ3v) is 5.48. The minimum atomic E-state index is -0.723. The smallest absolute Gasteiger partial charge is 0.123 e. The lowest BCUT2D eigenvalue weighted by atomic mass is 9.85. The van der Waals surface area contributed by atoms with Gasteiger partial charge in [-0.05, 0) is 48.7 Å². The highest BCUT2D eigenvalue weighted by molar-refractivity contribution is 5.85. The first-order valence-electron chi connectivity index (χ1n) is 9.17. The maximum Gasteiger partial charge on any atom is 0.123 e. The van der Waals surface area contributed by atoms with E-state index in [2.05, 4.69) is 4.90 Å². The summed E-state index contributed by atoms with van der Waals surface area (Å²) in [5.74, 6) is 0.885. The lowest BCUT2D eigenvalue weighted by molar-refractivity contribution is -0.0265. The van der Waals surface area contributed by atoms with E-state index in [4.69, 9.17) is 4.74 Å². The highest BCUT2D eigenvalue weighted by atomic mass is 35.5. The van der Waals surface area contributed by atoms with Crippen molar-refractivity contribution in [3.05, 3.63) is 59.4 Å². The van der Waals surface area contributed by atoms with Gasteiger partial charge in [-0.1, -0.05) is 12.1 Å². The van der Waals surface area contributed by atoms with Crippen LogP contribution in [0.4, 0.5) is 4.39 Å². The van der Waals surface area contributed by atoms with Crippen molar-refractivity contribution in [3.8, 4) is 11.5 Å². The Kier molecular flexibility index (Phi) is 5.94. The summed E-state index contributed by atoms with van der Waals surface area (Å²) >= 11 is 0. The van der Waals surface area contributed by atoms with Gasteiger partial charge in [0.15, 0.2) is 0 Å². The van der Waals surface area contributed by atoms with E-state index in [1.807, 2.05) is 6.07 Å². The number of halogens is 2. The number of aromatic hydroxyl groups is 1. The number of phenolic OH excluding ortho intramolecular Hbond substituents is 1. The van der Waals surface area contributed by atoms with Crippen molar-refractivity contribution < 1.29 is 19.3 Å². The molecule has 1 fully saturated rings. The van der Waals surface area contributed by atoms with Crippen LogP contribution < -0.4 is 4.74 Å². The Morgan fingerprint density at radius 1 is 1.11 bits per heavy atom. The first kappa shape index (κ1) is 19.9. The average Bonchev–Trinajstić information content (AvgIpc) is 3.01. The van der Waals surface area contributed by atoms with Gasteiger partial charge < -0.3 is 14.9 Å². The summed E-state index contributed by atoms with van der Waals surface area (Å²) in [5, 5.41) is 20.4. The van der Waals surface area contributed by atoms with Gasteiger partial charge in [0.25, 0.3) is 0 Å². The molecule has 1 saturated heterocycles. The molecule has 6 heteroatoms. The second-order valence-corrected chi connectivity index (χ2v) is 7.56. The molecule has 27 heavy (non-hydrogen) atoms. The van der Waals surface area contributed by atoms with Gasteiger partial charge >= 0.3 is 0 Å². The zero-order valence-corrected chi connectivity index (χ0v) is 15.9. The first-order chi connectivity index (χ1) is 12.5. The van der Waals surface area contributed by atoms with Crippen LogP contribution in [-0.2, 0) is 12.8 Å². The molecule has 0 aliphatic carbocycles. The summed E-state index contributed by atoms with van der Waals surface area (Å²) in [7, 11) is 0. The van der Waals surface area contributed by atoms with Crippen LogP contribution in [0.5, 0.6) is 11.5 Å². The lowest BCUT2D eigenvalue weighted by Gasteiger charge is -2.39. The van der Waals surface area contributed by atoms with E-state index < -0.39 is 5.60 Å². The molecule has 1 unspecified atom stereocenters. The van der Waals surface area contributed by atoms with Crippen LogP contribution in [0, 0.1) is 5.82 Å². The second-order valence-electron chi connectivity index (χ2n) is 7.56. The number of fused-ring (bicyclic) bond motifs is 1. The van der Waals surface area contributed by atoms with E-state index in [0.29, 0.717) is 19.3 Å². The van der Waals surface area contributed by atoms with Crippen LogP contribution >= 0.6 is 12.4 Å². The van der Waals surface area contributed by atoms with E-state index in [-0.39, 0.29) is 30.1 Å². The molecule has 2 N–H and O–H groups in total. The molecular formula is C21H25ClFNO3. The van der Waals surface area contributed by atoms with Crippen LogP contribution in [0.1, 0.15) is 24.0 Å². The van der Waals surface area contributed by atoms with Gasteiger partial charge in [-0.25, -0.2) is 4.39 Å². The van der Waals surface area contributed by atoms with Crippen LogP contribution in [0.25, 0.3) is 0 Å². The van der Waals surface area contributed by atoms with Gasteiger partial charge in [-0.3, -0.25) is 4.90 Å². The summed E-state index contributed by atoms with van der Waals surface area (Å²) in [6.07, 6.45) is 2.86. The molecule has 2 aromatic rings. The van der Waals surface area contributed by atoms with Crippen molar-refractivity contribution in [1.29, 1.82) is 0 Å². The largest absolute Gasteiger partial charge is 0.508 e. The van der Waals surface area contributed by atoms with Crippen molar-refractivity contribution in [2.24, 2.45) is 0 Å². The molecule has 2 heterocycles. The maximum absolute atomic E-state index is 13.0. The average molecular weight is 394 g/mol. The maximum atomic E-state index is 13.0. The lowest BCUT2D eigenvalue weighted by Crippen LogP contribution is -2.48. The highest BCUT2D eigenvalue weighted by Crippen LogP contribution is 2.33. The summed E-state index contributed by atoms with van der Waals surface area (Å²) in [6.45, 7) is 2.46. The van der Waals surface area contributed by atoms with Crippen molar-refractivity contribution in [1.82, 2.24) is 4.90 Å². The van der Waals surface area contributed by atoms with E-state index in [1.165, 1.54) is 12.1 Å². The molecule has 146 valence electrons. The van der Waals surface area contributed by atoms with Gasteiger partial charge in [0.05, 0.1) is 5.60 Å². The van der Waals surface area contributed by atoms with Crippen molar-refractivity contribution >= 4 is 12.4 Å². The predicted octanol–water partition coefficient (Wildman–Crippen LogP) is 3.33. The zero-order chi connectivity index (χ0) is 18.1. The van der Waals surface area contributed by atoms with Gasteiger partial charge in [-0.15, -0.1) is 12.4 Å². The summed E-state index contributed by atoms with van der Waals surface area (Å²) < 4.78 is 19.0. The fraction of sp³-hybridized carbons (Fsp3) is 0.429. The number of rotatable bonds is 4. The third kappa shape index (κ3) is 4.72. The van der Waals surface area contributed by atoms with Gasteiger partial charge in [0.1, 0.15) is 23.4 Å². The Morgan fingerprint density at radius 3 is 2.52 bits per heavy atom. The zero-order valence-electron chi connectivity index (χ0n) is 15.1. The van der Waals surface area contributed by atoms with Gasteiger partial charge in [0, 0.05) is 38.0 Å². The molecule has 0 spiro atoms. The number of benzene rings is 2. The molecule has 4 rings (SSSR count). The normalized spacial score (nSPS) is 21.2. The standard InChI is InChI=1S/C21H24FNO3.ClH/c22-17-3-1-15(2-4-17)13-21(25)7-9-23(10-8-21)14-19-12-16-11-18(24)5-6-20(16)26-19;/h1-6,11,19,24-25H,7-10,12-14H2;1H. The number of aliphatic hydroxyl groups is 1. The molecular weight excluding hydrogens is 369 g/mol. The van der Waals surface area contributed by atoms with Crippen LogP contribution in [-0.4, -0.2) is 46.5 Å². The predicted molar refractivity (Wildman–Crippen MR) is 104 cm³/mol. The Balaban J connectivity index is 0.00000210. The first-order valence-corrected chi connectivity index (χ1v) is 9.17. The van der Waals surface area contributed by atoms with Crippen molar-refractivity contribution in [2.75, 3.05) is 19.6 Å². The van der Waals surface area contributed by atoms with Crippen LogP contribution in [0.3, 0.4) is 0 Å². The Morgan fingerprint density at radius 2 is 1.81 bits per heavy atom. The number of hydrogen-bond donors (Lipinski definition) is 2. The fourth-order valence-electron chi connectivity index (χ4n) is 4.01. The summed E-state index contributed by atoms with van der Waals surface area (Å²) in [6, 6.07) is 11.6. The third-order valence-electron chi connectivity index (χ3n) is 5.48. The molecule has 2 aromatic carbocycles. The molecule has 0 aromatic heterocycles. The Hall–Kier alpha value is -1.82. The minimum Gasteiger partial charge on any atom is -0.508 e. The molecule has 0 saturated carbocycles. The molecule has 4 nitrogen and oxygen atoms in total. The van der Waals surface area contributed by atoms with Crippen molar-refractivity contribution in [2.45, 2.75) is 37.4 Å². The van der Waals surface area contributed by atoms with Crippen LogP contribution in [0.15, 0.2) is 42.5 Å². The second kappa shape index (κ2) is 8.05. The van der Waals surface area contributed by atoms with Gasteiger partial charge in [-0.2, -0.15) is 0 Å². The van der Waals surface area contributed by atoms with Crippen molar-refractivity contribution in [3.63, 3.8) is 0 Å². The molecule has 0 bridgehead atoms. The van der Waals surface area contributed by atoms with Crippen LogP contribution in [0.2, 0.25) is 0 Å². The monoisotopic (exact) mass is 393 g/mol.